The quantitative estimate of drug-likeness (QED) is 0.838. The van der Waals surface area contributed by atoms with Gasteiger partial charge in [0.25, 0.3) is 0 Å². The van der Waals surface area contributed by atoms with E-state index in [1.165, 1.54) is 11.8 Å². The first-order chi connectivity index (χ1) is 7.15. The lowest BCUT2D eigenvalue weighted by molar-refractivity contribution is -0.136. The molecule has 0 aliphatic rings. The van der Waals surface area contributed by atoms with Crippen LogP contribution in [0.15, 0.2) is 33.6 Å². The Morgan fingerprint density at radius 3 is 2.73 bits per heavy atom. The van der Waals surface area contributed by atoms with Gasteiger partial charge in [0.1, 0.15) is 5.25 Å². The molecule has 1 aromatic rings. The van der Waals surface area contributed by atoms with Gasteiger partial charge in [-0.05, 0) is 34.5 Å². The molecular weight excluding hydrogens is 276 g/mol. The summed E-state index contributed by atoms with van der Waals surface area (Å²) >= 11 is 4.81. The summed E-state index contributed by atoms with van der Waals surface area (Å²) in [6, 6.07) is 7.69. The molecule has 1 atom stereocenters. The monoisotopic (exact) mass is 288 g/mol. The highest BCUT2D eigenvalue weighted by molar-refractivity contribution is 9.10. The van der Waals surface area contributed by atoms with Crippen LogP contribution in [0, 0.1) is 0 Å². The zero-order chi connectivity index (χ0) is 11.3. The average molecular weight is 289 g/mol. The van der Waals surface area contributed by atoms with E-state index in [0.717, 1.165) is 15.8 Å². The second-order valence-electron chi connectivity index (χ2n) is 3.16. The fraction of sp³-hybridized carbons (Fsp3) is 0.364. The second kappa shape index (κ2) is 6.18. The van der Waals surface area contributed by atoms with Crippen molar-refractivity contribution in [1.29, 1.82) is 0 Å². The van der Waals surface area contributed by atoms with E-state index in [1.807, 2.05) is 31.2 Å². The summed E-state index contributed by atoms with van der Waals surface area (Å²) in [6.45, 7) is 2.00. The third-order valence-electron chi connectivity index (χ3n) is 1.93. The summed E-state index contributed by atoms with van der Waals surface area (Å²) in [4.78, 5) is 12.0. The van der Waals surface area contributed by atoms with Gasteiger partial charge in [-0.15, -0.1) is 11.8 Å². The third-order valence-corrected chi connectivity index (χ3v) is 4.22. The number of carboxylic acids is 1. The van der Waals surface area contributed by atoms with Crippen LogP contribution >= 0.6 is 27.7 Å². The zero-order valence-electron chi connectivity index (χ0n) is 8.44. The molecule has 4 heteroatoms. The molecule has 0 aromatic heterocycles. The van der Waals surface area contributed by atoms with Crippen LogP contribution in [0.25, 0.3) is 0 Å². The van der Waals surface area contributed by atoms with Gasteiger partial charge in [-0.2, -0.15) is 0 Å². The maximum Gasteiger partial charge on any atom is 0.316 e. The topological polar surface area (TPSA) is 37.3 Å². The Morgan fingerprint density at radius 2 is 2.20 bits per heavy atom. The van der Waals surface area contributed by atoms with Crippen molar-refractivity contribution in [2.45, 2.75) is 29.9 Å². The van der Waals surface area contributed by atoms with Crippen molar-refractivity contribution in [2.24, 2.45) is 0 Å². The van der Waals surface area contributed by atoms with Crippen LogP contribution in [0.4, 0.5) is 0 Å². The highest BCUT2D eigenvalue weighted by Gasteiger charge is 2.18. The van der Waals surface area contributed by atoms with Crippen LogP contribution in [0.1, 0.15) is 19.8 Å². The molecule has 2 nitrogen and oxygen atoms in total. The molecule has 82 valence electrons. The Morgan fingerprint density at radius 1 is 1.53 bits per heavy atom. The van der Waals surface area contributed by atoms with E-state index in [1.54, 1.807) is 0 Å². The van der Waals surface area contributed by atoms with E-state index < -0.39 is 5.97 Å². The zero-order valence-corrected chi connectivity index (χ0v) is 10.8. The molecule has 0 fully saturated rings. The Kier molecular flexibility index (Phi) is 5.19. The number of aliphatic carboxylic acids is 1. The van der Waals surface area contributed by atoms with E-state index in [-0.39, 0.29) is 5.25 Å². The van der Waals surface area contributed by atoms with Gasteiger partial charge in [-0.25, -0.2) is 0 Å². The first kappa shape index (κ1) is 12.6. The fourth-order valence-corrected chi connectivity index (χ4v) is 2.85. The second-order valence-corrected chi connectivity index (χ2v) is 5.26. The Labute approximate surface area is 102 Å². The standard InChI is InChI=1S/C11H13BrO2S/c1-2-5-10(11(13)14)15-9-7-4-3-6-8(9)12/h3-4,6-7,10H,2,5H2,1H3,(H,13,14). The van der Waals surface area contributed by atoms with Gasteiger partial charge in [0, 0.05) is 9.37 Å². The number of hydrogen-bond acceptors (Lipinski definition) is 2. The van der Waals surface area contributed by atoms with E-state index in [4.69, 9.17) is 5.11 Å². The molecule has 15 heavy (non-hydrogen) atoms. The smallest absolute Gasteiger partial charge is 0.316 e. The average Bonchev–Trinajstić information content (AvgIpc) is 2.20. The molecule has 0 spiro atoms. The Bertz CT molecular complexity index is 341. The normalized spacial score (nSPS) is 12.4. The van der Waals surface area contributed by atoms with E-state index in [0.29, 0.717) is 6.42 Å². The van der Waals surface area contributed by atoms with E-state index in [2.05, 4.69) is 15.9 Å². The lowest BCUT2D eigenvalue weighted by Gasteiger charge is -2.11. The molecule has 0 aliphatic carbocycles. The van der Waals surface area contributed by atoms with Crippen LogP contribution in [-0.4, -0.2) is 16.3 Å². The minimum Gasteiger partial charge on any atom is -0.480 e. The summed E-state index contributed by atoms with van der Waals surface area (Å²) in [7, 11) is 0. The van der Waals surface area contributed by atoms with Gasteiger partial charge in [0.15, 0.2) is 0 Å². The molecule has 1 rings (SSSR count). The van der Waals surface area contributed by atoms with Crippen LogP contribution < -0.4 is 0 Å². The van der Waals surface area contributed by atoms with E-state index in [9.17, 15) is 4.79 Å². The molecule has 0 aliphatic heterocycles. The summed E-state index contributed by atoms with van der Waals surface area (Å²) in [5.74, 6) is -0.738. The van der Waals surface area contributed by atoms with Gasteiger partial charge in [0.2, 0.25) is 0 Å². The van der Waals surface area contributed by atoms with Crippen LogP contribution in [-0.2, 0) is 4.79 Å². The van der Waals surface area contributed by atoms with Crippen molar-refractivity contribution >= 4 is 33.7 Å². The number of carbonyl (C=O) groups is 1. The molecule has 0 saturated carbocycles. The molecule has 0 radical (unpaired) electrons. The number of benzene rings is 1. The maximum absolute atomic E-state index is 11.0. The SMILES string of the molecule is CCCC(Sc1ccccc1Br)C(=O)O. The molecule has 1 unspecified atom stereocenters. The molecule has 0 saturated heterocycles. The highest BCUT2D eigenvalue weighted by atomic mass is 79.9. The predicted octanol–water partition coefficient (Wildman–Crippen LogP) is 3.79. The van der Waals surface area contributed by atoms with E-state index >= 15 is 0 Å². The minimum atomic E-state index is -0.738. The van der Waals surface area contributed by atoms with Gasteiger partial charge < -0.3 is 5.11 Å². The predicted molar refractivity (Wildman–Crippen MR) is 66.3 cm³/mol. The highest BCUT2D eigenvalue weighted by Crippen LogP contribution is 2.32. The van der Waals surface area contributed by atoms with Crippen LogP contribution in [0.5, 0.6) is 0 Å². The Hall–Kier alpha value is -0.480. The molecule has 0 amide bonds. The lowest BCUT2D eigenvalue weighted by Crippen LogP contribution is -2.15. The number of carboxylic acid groups (broad SMARTS) is 1. The van der Waals surface area contributed by atoms with Crippen LogP contribution in [0.2, 0.25) is 0 Å². The summed E-state index contributed by atoms with van der Waals surface area (Å²) in [6.07, 6.45) is 1.58. The molecule has 0 heterocycles. The Balaban J connectivity index is 2.74. The third kappa shape index (κ3) is 3.87. The van der Waals surface area contributed by atoms with Crippen molar-refractivity contribution in [3.63, 3.8) is 0 Å². The summed E-state index contributed by atoms with van der Waals surface area (Å²) < 4.78 is 0.956. The first-order valence-electron chi connectivity index (χ1n) is 4.79. The van der Waals surface area contributed by atoms with Crippen molar-refractivity contribution in [1.82, 2.24) is 0 Å². The number of thioether (sulfide) groups is 1. The number of halogens is 1. The number of hydrogen-bond donors (Lipinski definition) is 1. The van der Waals surface area contributed by atoms with Crippen molar-refractivity contribution in [3.8, 4) is 0 Å². The maximum atomic E-state index is 11.0. The minimum absolute atomic E-state index is 0.353. The van der Waals surface area contributed by atoms with Gasteiger partial charge in [-0.1, -0.05) is 25.5 Å². The molecular formula is C11H13BrO2S. The summed E-state index contributed by atoms with van der Waals surface area (Å²) in [5.41, 5.74) is 0. The molecule has 1 N–H and O–H groups in total. The van der Waals surface area contributed by atoms with Crippen molar-refractivity contribution in [3.05, 3.63) is 28.7 Å². The van der Waals surface area contributed by atoms with Gasteiger partial charge >= 0.3 is 5.97 Å². The van der Waals surface area contributed by atoms with Gasteiger partial charge in [0.05, 0.1) is 0 Å². The van der Waals surface area contributed by atoms with Crippen LogP contribution in [0.3, 0.4) is 0 Å². The molecule has 0 bridgehead atoms. The van der Waals surface area contributed by atoms with Crippen molar-refractivity contribution in [2.75, 3.05) is 0 Å². The van der Waals surface area contributed by atoms with Gasteiger partial charge in [-0.3, -0.25) is 4.79 Å². The molecule has 1 aromatic carbocycles. The summed E-state index contributed by atoms with van der Waals surface area (Å²) in [5, 5.41) is 8.67. The lowest BCUT2D eigenvalue weighted by atomic mass is 10.2. The first-order valence-corrected chi connectivity index (χ1v) is 6.46. The largest absolute Gasteiger partial charge is 0.480 e. The van der Waals surface area contributed by atoms with Crippen molar-refractivity contribution < 1.29 is 9.90 Å². The number of rotatable bonds is 5. The fourth-order valence-electron chi connectivity index (χ4n) is 1.19.